The van der Waals surface area contributed by atoms with Crippen molar-refractivity contribution in [1.82, 2.24) is 15.1 Å². The Morgan fingerprint density at radius 3 is 2.81 bits per heavy atom. The summed E-state index contributed by atoms with van der Waals surface area (Å²) in [5.41, 5.74) is 1.37. The van der Waals surface area contributed by atoms with Gasteiger partial charge >= 0.3 is 0 Å². The van der Waals surface area contributed by atoms with Gasteiger partial charge in [-0.15, -0.1) is 6.42 Å². The molecule has 0 saturated carbocycles. The van der Waals surface area contributed by atoms with Crippen LogP contribution in [0.15, 0.2) is 24.3 Å². The lowest BCUT2D eigenvalue weighted by atomic mass is 10.1. The van der Waals surface area contributed by atoms with Crippen LogP contribution in [-0.2, 0) is 0 Å². The number of hydrogen-bond donors (Lipinski definition) is 1. The van der Waals surface area contributed by atoms with Crippen molar-refractivity contribution in [2.75, 3.05) is 46.3 Å². The number of rotatable bonds is 5. The predicted octanol–water partition coefficient (Wildman–Crippen LogP) is 1.04. The Balaban J connectivity index is 1.68. The molecule has 0 unspecified atom stereocenters. The van der Waals surface area contributed by atoms with Gasteiger partial charge in [0.1, 0.15) is 0 Å². The standard InChI is InChI=1S/C17H23N3O/c1-3-15-6-4-7-16(14-15)17(21)18-8-5-9-20-12-10-19(2)11-13-20/h1,4,6-7,14H,5,8-13H2,2H3,(H,18,21). The Labute approximate surface area is 127 Å². The van der Waals surface area contributed by atoms with Gasteiger partial charge in [0.15, 0.2) is 0 Å². The zero-order valence-electron chi connectivity index (χ0n) is 12.6. The van der Waals surface area contributed by atoms with Crippen LogP contribution >= 0.6 is 0 Å². The molecule has 112 valence electrons. The molecule has 1 fully saturated rings. The first-order valence-electron chi connectivity index (χ1n) is 7.45. The third-order valence-corrected chi connectivity index (χ3v) is 3.82. The van der Waals surface area contributed by atoms with Gasteiger partial charge in [-0.2, -0.15) is 0 Å². The molecule has 1 saturated heterocycles. The van der Waals surface area contributed by atoms with Gasteiger partial charge < -0.3 is 15.1 Å². The zero-order chi connectivity index (χ0) is 15.1. The SMILES string of the molecule is C#Cc1cccc(C(=O)NCCCN2CCN(C)CC2)c1. The molecule has 1 aromatic rings. The van der Waals surface area contributed by atoms with Gasteiger partial charge in [0.25, 0.3) is 5.91 Å². The third-order valence-electron chi connectivity index (χ3n) is 3.82. The molecule has 1 heterocycles. The third kappa shape index (κ3) is 4.89. The summed E-state index contributed by atoms with van der Waals surface area (Å²) >= 11 is 0. The van der Waals surface area contributed by atoms with Crippen molar-refractivity contribution in [3.8, 4) is 12.3 Å². The fourth-order valence-corrected chi connectivity index (χ4v) is 2.43. The molecule has 21 heavy (non-hydrogen) atoms. The average molecular weight is 285 g/mol. The van der Waals surface area contributed by atoms with Crippen molar-refractivity contribution in [1.29, 1.82) is 0 Å². The first kappa shape index (κ1) is 15.6. The maximum atomic E-state index is 12.0. The Kier molecular flexibility index (Phi) is 5.79. The monoisotopic (exact) mass is 285 g/mol. The number of carbonyl (C=O) groups is 1. The summed E-state index contributed by atoms with van der Waals surface area (Å²) in [5, 5.41) is 2.95. The quantitative estimate of drug-likeness (QED) is 0.648. The van der Waals surface area contributed by atoms with E-state index >= 15 is 0 Å². The highest BCUT2D eigenvalue weighted by atomic mass is 16.1. The molecule has 1 aromatic carbocycles. The maximum absolute atomic E-state index is 12.0. The van der Waals surface area contributed by atoms with E-state index in [4.69, 9.17) is 6.42 Å². The lowest BCUT2D eigenvalue weighted by Gasteiger charge is -2.32. The van der Waals surface area contributed by atoms with Crippen LogP contribution in [0.1, 0.15) is 22.3 Å². The molecule has 0 aromatic heterocycles. The van der Waals surface area contributed by atoms with Gasteiger partial charge in [-0.1, -0.05) is 12.0 Å². The highest BCUT2D eigenvalue weighted by Gasteiger charge is 2.13. The topological polar surface area (TPSA) is 35.6 Å². The number of nitrogens with zero attached hydrogens (tertiary/aromatic N) is 2. The Bertz CT molecular complexity index is 513. The van der Waals surface area contributed by atoms with Crippen molar-refractivity contribution < 1.29 is 4.79 Å². The van der Waals surface area contributed by atoms with Crippen LogP contribution in [0.25, 0.3) is 0 Å². The van der Waals surface area contributed by atoms with E-state index in [1.807, 2.05) is 12.1 Å². The second-order valence-corrected chi connectivity index (χ2v) is 5.48. The largest absolute Gasteiger partial charge is 0.352 e. The molecule has 0 radical (unpaired) electrons. The molecule has 0 atom stereocenters. The van der Waals surface area contributed by atoms with Crippen LogP contribution in [0, 0.1) is 12.3 Å². The molecular formula is C17H23N3O. The van der Waals surface area contributed by atoms with Crippen LogP contribution in [0.4, 0.5) is 0 Å². The van der Waals surface area contributed by atoms with Gasteiger partial charge in [0.05, 0.1) is 0 Å². The molecule has 1 aliphatic rings. The number of carbonyl (C=O) groups excluding carboxylic acids is 1. The van der Waals surface area contributed by atoms with Crippen LogP contribution in [0.5, 0.6) is 0 Å². The fourth-order valence-electron chi connectivity index (χ4n) is 2.43. The maximum Gasteiger partial charge on any atom is 0.251 e. The van der Waals surface area contributed by atoms with E-state index in [1.54, 1.807) is 12.1 Å². The van der Waals surface area contributed by atoms with Crippen LogP contribution in [0.3, 0.4) is 0 Å². The fraction of sp³-hybridized carbons (Fsp3) is 0.471. The number of amides is 1. The normalized spacial score (nSPS) is 16.4. The van der Waals surface area contributed by atoms with E-state index in [2.05, 4.69) is 28.1 Å². The first-order chi connectivity index (χ1) is 10.2. The molecule has 4 heteroatoms. The average Bonchev–Trinajstić information content (AvgIpc) is 2.53. The van der Waals surface area contributed by atoms with Gasteiger partial charge in [-0.05, 0) is 38.2 Å². The number of likely N-dealkylation sites (N-methyl/N-ethyl adjacent to an activating group) is 1. The van der Waals surface area contributed by atoms with Gasteiger partial charge in [-0.25, -0.2) is 0 Å². The molecule has 0 aliphatic carbocycles. The minimum absolute atomic E-state index is 0.0505. The molecular weight excluding hydrogens is 262 g/mol. The minimum atomic E-state index is -0.0505. The summed E-state index contributed by atoms with van der Waals surface area (Å²) in [7, 11) is 2.15. The van der Waals surface area contributed by atoms with E-state index in [-0.39, 0.29) is 5.91 Å². The molecule has 0 spiro atoms. The summed E-state index contributed by atoms with van der Waals surface area (Å²) in [6.45, 7) is 6.24. The summed E-state index contributed by atoms with van der Waals surface area (Å²) in [6.07, 6.45) is 6.32. The van der Waals surface area contributed by atoms with Gasteiger partial charge in [0, 0.05) is 43.9 Å². The van der Waals surface area contributed by atoms with Crippen molar-refractivity contribution in [2.24, 2.45) is 0 Å². The molecule has 1 aliphatic heterocycles. The van der Waals surface area contributed by atoms with Crippen molar-refractivity contribution >= 4 is 5.91 Å². The zero-order valence-corrected chi connectivity index (χ0v) is 12.6. The summed E-state index contributed by atoms with van der Waals surface area (Å²) in [4.78, 5) is 16.8. The number of piperazine rings is 1. The summed E-state index contributed by atoms with van der Waals surface area (Å²) < 4.78 is 0. The van der Waals surface area contributed by atoms with E-state index in [0.717, 1.165) is 44.7 Å². The summed E-state index contributed by atoms with van der Waals surface area (Å²) in [5.74, 6) is 2.49. The minimum Gasteiger partial charge on any atom is -0.352 e. The Hall–Kier alpha value is -1.83. The van der Waals surface area contributed by atoms with Crippen LogP contribution in [-0.4, -0.2) is 62.0 Å². The first-order valence-corrected chi connectivity index (χ1v) is 7.45. The number of benzene rings is 1. The highest BCUT2D eigenvalue weighted by molar-refractivity contribution is 5.94. The lowest BCUT2D eigenvalue weighted by Crippen LogP contribution is -2.45. The molecule has 1 N–H and O–H groups in total. The van der Waals surface area contributed by atoms with E-state index in [1.165, 1.54) is 0 Å². The van der Waals surface area contributed by atoms with Crippen molar-refractivity contribution in [3.05, 3.63) is 35.4 Å². The van der Waals surface area contributed by atoms with E-state index in [9.17, 15) is 4.79 Å². The molecule has 0 bridgehead atoms. The molecule has 1 amide bonds. The van der Waals surface area contributed by atoms with Crippen LogP contribution in [0.2, 0.25) is 0 Å². The molecule has 2 rings (SSSR count). The Morgan fingerprint density at radius 2 is 2.10 bits per heavy atom. The number of terminal acetylenes is 1. The highest BCUT2D eigenvalue weighted by Crippen LogP contribution is 2.04. The predicted molar refractivity (Wildman–Crippen MR) is 85.3 cm³/mol. The lowest BCUT2D eigenvalue weighted by molar-refractivity contribution is 0.0949. The Morgan fingerprint density at radius 1 is 1.33 bits per heavy atom. The summed E-state index contributed by atoms with van der Waals surface area (Å²) in [6, 6.07) is 7.17. The van der Waals surface area contributed by atoms with Crippen molar-refractivity contribution in [2.45, 2.75) is 6.42 Å². The van der Waals surface area contributed by atoms with Crippen molar-refractivity contribution in [3.63, 3.8) is 0 Å². The smallest absolute Gasteiger partial charge is 0.251 e. The van der Waals surface area contributed by atoms with Crippen LogP contribution < -0.4 is 5.32 Å². The second kappa shape index (κ2) is 7.82. The van der Waals surface area contributed by atoms with E-state index < -0.39 is 0 Å². The van der Waals surface area contributed by atoms with E-state index in [0.29, 0.717) is 12.1 Å². The molecule has 4 nitrogen and oxygen atoms in total. The van der Waals surface area contributed by atoms with Gasteiger partial charge in [-0.3, -0.25) is 4.79 Å². The number of hydrogen-bond acceptors (Lipinski definition) is 3. The number of nitrogens with one attached hydrogen (secondary N) is 1. The van der Waals surface area contributed by atoms with Gasteiger partial charge in [0.2, 0.25) is 0 Å². The second-order valence-electron chi connectivity index (χ2n) is 5.48.